The minimum absolute atomic E-state index is 0.0181. The normalized spacial score (nSPS) is 19.3. The number of hydrogen-bond acceptors (Lipinski definition) is 3. The molecule has 0 spiro atoms. The van der Waals surface area contributed by atoms with Crippen molar-refractivity contribution in [3.63, 3.8) is 0 Å². The molecule has 3 N–H and O–H groups in total. The molecular formula is C13H26N2O2. The second-order valence-corrected chi connectivity index (χ2v) is 5.44. The van der Waals surface area contributed by atoms with Gasteiger partial charge in [0.2, 0.25) is 5.91 Å². The molecule has 0 saturated carbocycles. The van der Waals surface area contributed by atoms with Crippen molar-refractivity contribution in [2.75, 3.05) is 26.2 Å². The van der Waals surface area contributed by atoms with Crippen molar-refractivity contribution in [2.45, 2.75) is 39.5 Å². The Morgan fingerprint density at radius 3 is 2.59 bits per heavy atom. The Morgan fingerprint density at radius 1 is 1.41 bits per heavy atom. The average molecular weight is 242 g/mol. The summed E-state index contributed by atoms with van der Waals surface area (Å²) in [7, 11) is 0. The van der Waals surface area contributed by atoms with E-state index in [1.54, 1.807) is 0 Å². The van der Waals surface area contributed by atoms with Crippen molar-refractivity contribution < 1.29 is 9.90 Å². The lowest BCUT2D eigenvalue weighted by atomic mass is 9.73. The third-order valence-corrected chi connectivity index (χ3v) is 3.64. The molecule has 1 fully saturated rings. The van der Waals surface area contributed by atoms with Crippen molar-refractivity contribution in [2.24, 2.45) is 11.3 Å². The highest BCUT2D eigenvalue weighted by molar-refractivity contribution is 5.82. The molecule has 1 aliphatic heterocycles. The summed E-state index contributed by atoms with van der Waals surface area (Å²) in [4.78, 5) is 12.2. The van der Waals surface area contributed by atoms with E-state index in [1.807, 2.05) is 0 Å². The maximum Gasteiger partial charge on any atom is 0.226 e. The second kappa shape index (κ2) is 6.97. The second-order valence-electron chi connectivity index (χ2n) is 5.44. The molecule has 4 nitrogen and oxygen atoms in total. The molecule has 1 heterocycles. The van der Waals surface area contributed by atoms with Gasteiger partial charge in [0.1, 0.15) is 0 Å². The summed E-state index contributed by atoms with van der Waals surface area (Å²) in [5.74, 6) is 0.765. The average Bonchev–Trinajstić information content (AvgIpc) is 2.34. The van der Waals surface area contributed by atoms with E-state index in [0.29, 0.717) is 12.5 Å². The van der Waals surface area contributed by atoms with Gasteiger partial charge in [-0.1, -0.05) is 13.8 Å². The first kappa shape index (κ1) is 14.5. The van der Waals surface area contributed by atoms with Crippen LogP contribution in [0.3, 0.4) is 0 Å². The van der Waals surface area contributed by atoms with Crippen LogP contribution in [0.25, 0.3) is 0 Å². The Kier molecular flexibility index (Phi) is 5.92. The van der Waals surface area contributed by atoms with Crippen molar-refractivity contribution >= 4 is 5.91 Å². The summed E-state index contributed by atoms with van der Waals surface area (Å²) in [6, 6.07) is 0. The van der Waals surface area contributed by atoms with Crippen LogP contribution in [-0.4, -0.2) is 37.3 Å². The summed E-state index contributed by atoms with van der Waals surface area (Å²) in [5, 5.41) is 14.9. The van der Waals surface area contributed by atoms with Gasteiger partial charge in [-0.05, 0) is 44.7 Å². The smallest absolute Gasteiger partial charge is 0.226 e. The van der Waals surface area contributed by atoms with E-state index in [-0.39, 0.29) is 17.9 Å². The lowest BCUT2D eigenvalue weighted by Crippen LogP contribution is -2.48. The van der Waals surface area contributed by atoms with Gasteiger partial charge >= 0.3 is 0 Å². The molecule has 0 bridgehead atoms. The van der Waals surface area contributed by atoms with Gasteiger partial charge in [0.25, 0.3) is 0 Å². The van der Waals surface area contributed by atoms with Crippen LogP contribution in [0, 0.1) is 11.3 Å². The Morgan fingerprint density at radius 2 is 2.06 bits per heavy atom. The Hall–Kier alpha value is -0.610. The predicted molar refractivity (Wildman–Crippen MR) is 68.7 cm³/mol. The van der Waals surface area contributed by atoms with Gasteiger partial charge in [-0.15, -0.1) is 0 Å². The fourth-order valence-corrected chi connectivity index (χ4v) is 2.42. The number of amides is 1. The Labute approximate surface area is 104 Å². The van der Waals surface area contributed by atoms with Crippen LogP contribution in [0.1, 0.15) is 39.5 Å². The van der Waals surface area contributed by atoms with Gasteiger partial charge in [0.15, 0.2) is 0 Å². The van der Waals surface area contributed by atoms with Gasteiger partial charge in [-0.25, -0.2) is 0 Å². The molecule has 0 atom stereocenters. The number of piperidine rings is 1. The van der Waals surface area contributed by atoms with Crippen molar-refractivity contribution in [3.05, 3.63) is 0 Å². The molecule has 0 aromatic rings. The molecule has 1 saturated heterocycles. The molecule has 1 rings (SSSR count). The zero-order valence-electron chi connectivity index (χ0n) is 11.1. The summed E-state index contributed by atoms with van der Waals surface area (Å²) in [6.45, 7) is 6.62. The van der Waals surface area contributed by atoms with E-state index in [2.05, 4.69) is 24.5 Å². The number of nitrogens with one attached hydrogen (secondary N) is 2. The highest BCUT2D eigenvalue weighted by Gasteiger charge is 2.38. The molecule has 0 aromatic heterocycles. The Balaban J connectivity index is 2.60. The summed E-state index contributed by atoms with van der Waals surface area (Å²) in [6.07, 6.45) is 3.88. The number of aliphatic hydroxyl groups is 1. The summed E-state index contributed by atoms with van der Waals surface area (Å²) >= 11 is 0. The van der Waals surface area contributed by atoms with Crippen LogP contribution < -0.4 is 10.6 Å². The first-order chi connectivity index (χ1) is 8.10. The van der Waals surface area contributed by atoms with Crippen LogP contribution in [0.15, 0.2) is 0 Å². The van der Waals surface area contributed by atoms with Gasteiger partial charge in [-0.3, -0.25) is 4.79 Å². The van der Waals surface area contributed by atoms with Gasteiger partial charge in [-0.2, -0.15) is 0 Å². The largest absolute Gasteiger partial charge is 0.395 e. The Bertz CT molecular complexity index is 236. The first-order valence-corrected chi connectivity index (χ1v) is 6.70. The summed E-state index contributed by atoms with van der Waals surface area (Å²) < 4.78 is 0. The first-order valence-electron chi connectivity index (χ1n) is 6.70. The minimum atomic E-state index is -0.204. The molecule has 0 radical (unpaired) electrons. The molecule has 1 amide bonds. The molecule has 17 heavy (non-hydrogen) atoms. The van der Waals surface area contributed by atoms with Crippen LogP contribution in [0.2, 0.25) is 0 Å². The molecule has 0 aliphatic carbocycles. The van der Waals surface area contributed by atoms with Crippen molar-refractivity contribution in [3.8, 4) is 0 Å². The van der Waals surface area contributed by atoms with Crippen LogP contribution in [0.4, 0.5) is 0 Å². The molecular weight excluding hydrogens is 216 g/mol. The molecule has 100 valence electrons. The fraction of sp³-hybridized carbons (Fsp3) is 0.923. The third kappa shape index (κ3) is 4.28. The van der Waals surface area contributed by atoms with E-state index >= 15 is 0 Å². The molecule has 4 heteroatoms. The quantitative estimate of drug-likeness (QED) is 0.648. The molecule has 0 aromatic carbocycles. The molecule has 0 unspecified atom stereocenters. The van der Waals surface area contributed by atoms with Crippen LogP contribution >= 0.6 is 0 Å². The third-order valence-electron chi connectivity index (χ3n) is 3.64. The van der Waals surface area contributed by atoms with Gasteiger partial charge in [0.05, 0.1) is 12.0 Å². The van der Waals surface area contributed by atoms with Crippen molar-refractivity contribution in [1.29, 1.82) is 0 Å². The van der Waals surface area contributed by atoms with Gasteiger partial charge in [0, 0.05) is 6.54 Å². The van der Waals surface area contributed by atoms with E-state index in [0.717, 1.165) is 38.8 Å². The van der Waals surface area contributed by atoms with E-state index < -0.39 is 0 Å². The highest BCUT2D eigenvalue weighted by atomic mass is 16.3. The SMILES string of the molecule is CC(C)CCC1(C(=O)NCCO)CCNCC1. The minimum Gasteiger partial charge on any atom is -0.395 e. The maximum absolute atomic E-state index is 12.2. The maximum atomic E-state index is 12.2. The summed E-state index contributed by atoms with van der Waals surface area (Å²) in [5.41, 5.74) is -0.204. The number of rotatable bonds is 6. The zero-order chi connectivity index (χ0) is 12.7. The van der Waals surface area contributed by atoms with E-state index in [1.165, 1.54) is 0 Å². The number of hydrogen-bond donors (Lipinski definition) is 3. The standard InChI is InChI=1S/C13H26N2O2/c1-11(2)3-4-13(5-7-14-8-6-13)12(17)15-9-10-16/h11,14,16H,3-10H2,1-2H3,(H,15,17). The number of carbonyl (C=O) groups excluding carboxylic acids is 1. The lowest BCUT2D eigenvalue weighted by molar-refractivity contribution is -0.133. The predicted octanol–water partition coefficient (Wildman–Crippen LogP) is 0.901. The topological polar surface area (TPSA) is 61.4 Å². The van der Waals surface area contributed by atoms with Gasteiger partial charge < -0.3 is 15.7 Å². The van der Waals surface area contributed by atoms with Crippen LogP contribution in [-0.2, 0) is 4.79 Å². The van der Waals surface area contributed by atoms with Crippen molar-refractivity contribution in [1.82, 2.24) is 10.6 Å². The highest BCUT2D eigenvalue weighted by Crippen LogP contribution is 2.35. The number of aliphatic hydroxyl groups excluding tert-OH is 1. The van der Waals surface area contributed by atoms with E-state index in [4.69, 9.17) is 5.11 Å². The monoisotopic (exact) mass is 242 g/mol. The fourth-order valence-electron chi connectivity index (χ4n) is 2.42. The lowest BCUT2D eigenvalue weighted by Gasteiger charge is -2.36. The van der Waals surface area contributed by atoms with Crippen LogP contribution in [0.5, 0.6) is 0 Å². The zero-order valence-corrected chi connectivity index (χ0v) is 11.1. The molecule has 1 aliphatic rings. The van der Waals surface area contributed by atoms with E-state index in [9.17, 15) is 4.79 Å². The number of carbonyl (C=O) groups is 1.